The molecule has 1 atom stereocenters. The van der Waals surface area contributed by atoms with Crippen LogP contribution in [0.4, 0.5) is 13.2 Å². The lowest BCUT2D eigenvalue weighted by atomic mass is 9.82. The molecule has 1 fully saturated rings. The third-order valence-electron chi connectivity index (χ3n) is 3.43. The molecule has 17 heavy (non-hydrogen) atoms. The summed E-state index contributed by atoms with van der Waals surface area (Å²) in [6, 6.07) is 0. The van der Waals surface area contributed by atoms with Gasteiger partial charge in [0.15, 0.2) is 5.54 Å². The highest BCUT2D eigenvalue weighted by Crippen LogP contribution is 2.31. The van der Waals surface area contributed by atoms with Crippen LogP contribution in [0, 0.1) is 0 Å². The highest BCUT2D eigenvalue weighted by atomic mass is 19.4. The molecule has 0 aliphatic heterocycles. The summed E-state index contributed by atoms with van der Waals surface area (Å²) in [7, 11) is 0. The average Bonchev–Trinajstić information content (AvgIpc) is 2.16. The zero-order valence-corrected chi connectivity index (χ0v) is 10.2. The molecule has 0 radical (unpaired) electrons. The van der Waals surface area contributed by atoms with Crippen molar-refractivity contribution in [3.05, 3.63) is 0 Å². The van der Waals surface area contributed by atoms with Crippen molar-refractivity contribution in [2.75, 3.05) is 0 Å². The standard InChI is InChI=1S/C11H19F3N2O/c1-9(6-4-3-5-7-9)16-8(17)10(2,15)11(12,13)14/h3-7,15H2,1-2H3,(H,16,17). The van der Waals surface area contributed by atoms with Crippen molar-refractivity contribution in [3.63, 3.8) is 0 Å². The predicted molar refractivity (Wildman–Crippen MR) is 58.3 cm³/mol. The van der Waals surface area contributed by atoms with Crippen molar-refractivity contribution in [2.45, 2.75) is 63.2 Å². The Morgan fingerprint density at radius 2 is 1.71 bits per heavy atom. The van der Waals surface area contributed by atoms with Crippen LogP contribution < -0.4 is 11.1 Å². The van der Waals surface area contributed by atoms with Gasteiger partial charge in [0.05, 0.1) is 0 Å². The van der Waals surface area contributed by atoms with E-state index < -0.39 is 23.2 Å². The molecule has 0 bridgehead atoms. The van der Waals surface area contributed by atoms with Crippen LogP contribution in [0.25, 0.3) is 0 Å². The lowest BCUT2D eigenvalue weighted by molar-refractivity contribution is -0.188. The predicted octanol–water partition coefficient (Wildman–Crippen LogP) is 2.11. The van der Waals surface area contributed by atoms with Gasteiger partial charge in [0.2, 0.25) is 5.91 Å². The van der Waals surface area contributed by atoms with Gasteiger partial charge >= 0.3 is 6.18 Å². The number of halogens is 3. The number of amides is 1. The van der Waals surface area contributed by atoms with Gasteiger partial charge in [0.25, 0.3) is 0 Å². The van der Waals surface area contributed by atoms with Crippen molar-refractivity contribution in [2.24, 2.45) is 5.73 Å². The Morgan fingerprint density at radius 1 is 1.24 bits per heavy atom. The first-order valence-corrected chi connectivity index (χ1v) is 5.77. The Labute approximate surface area is 98.9 Å². The van der Waals surface area contributed by atoms with Crippen LogP contribution in [0.15, 0.2) is 0 Å². The summed E-state index contributed by atoms with van der Waals surface area (Å²) < 4.78 is 37.7. The molecule has 1 aliphatic rings. The monoisotopic (exact) mass is 252 g/mol. The molecule has 0 spiro atoms. The Kier molecular flexibility index (Phi) is 3.76. The van der Waals surface area contributed by atoms with Crippen molar-refractivity contribution >= 4 is 5.91 Å². The van der Waals surface area contributed by atoms with Gasteiger partial charge < -0.3 is 11.1 Å². The summed E-state index contributed by atoms with van der Waals surface area (Å²) in [5, 5.41) is 2.46. The molecular weight excluding hydrogens is 233 g/mol. The molecule has 3 nitrogen and oxygen atoms in total. The maximum atomic E-state index is 12.6. The van der Waals surface area contributed by atoms with Crippen molar-refractivity contribution in [1.29, 1.82) is 0 Å². The maximum Gasteiger partial charge on any atom is 0.415 e. The zero-order chi connectivity index (χ0) is 13.3. The van der Waals surface area contributed by atoms with E-state index in [-0.39, 0.29) is 0 Å². The number of nitrogens with one attached hydrogen (secondary N) is 1. The maximum absolute atomic E-state index is 12.6. The van der Waals surface area contributed by atoms with Crippen LogP contribution in [0.1, 0.15) is 46.0 Å². The smallest absolute Gasteiger partial charge is 0.349 e. The Morgan fingerprint density at radius 3 is 2.12 bits per heavy atom. The molecule has 0 heterocycles. The van der Waals surface area contributed by atoms with Gasteiger partial charge in [-0.2, -0.15) is 13.2 Å². The molecule has 3 N–H and O–H groups in total. The van der Waals surface area contributed by atoms with Crippen LogP contribution in [-0.4, -0.2) is 23.2 Å². The fraction of sp³-hybridized carbons (Fsp3) is 0.909. The third kappa shape index (κ3) is 3.12. The number of carbonyl (C=O) groups is 1. The normalized spacial score (nSPS) is 23.9. The van der Waals surface area contributed by atoms with Gasteiger partial charge in [0, 0.05) is 5.54 Å². The fourth-order valence-corrected chi connectivity index (χ4v) is 1.99. The Bertz CT molecular complexity index is 294. The summed E-state index contributed by atoms with van der Waals surface area (Å²) in [6.07, 6.45) is -0.430. The van der Waals surface area contributed by atoms with Crippen LogP contribution in [-0.2, 0) is 4.79 Å². The Balaban J connectivity index is 2.71. The molecule has 1 unspecified atom stereocenters. The molecule has 0 saturated heterocycles. The highest BCUT2D eigenvalue weighted by molar-refractivity contribution is 5.87. The van der Waals surface area contributed by atoms with Gasteiger partial charge in [-0.3, -0.25) is 4.79 Å². The second kappa shape index (κ2) is 4.48. The second-order valence-corrected chi connectivity index (χ2v) is 5.28. The number of alkyl halides is 3. The molecule has 1 aliphatic carbocycles. The van der Waals surface area contributed by atoms with E-state index in [1.54, 1.807) is 6.92 Å². The molecule has 0 aromatic rings. The van der Waals surface area contributed by atoms with E-state index in [0.29, 0.717) is 19.8 Å². The van der Waals surface area contributed by atoms with Gasteiger partial charge in [-0.25, -0.2) is 0 Å². The quantitative estimate of drug-likeness (QED) is 0.790. The lowest BCUT2D eigenvalue weighted by Gasteiger charge is -2.37. The number of hydrogen-bond donors (Lipinski definition) is 2. The first-order valence-electron chi connectivity index (χ1n) is 5.77. The molecule has 0 aromatic carbocycles. The average molecular weight is 252 g/mol. The molecule has 1 rings (SSSR count). The highest BCUT2D eigenvalue weighted by Gasteiger charge is 2.54. The molecule has 0 aromatic heterocycles. The van der Waals surface area contributed by atoms with E-state index in [9.17, 15) is 18.0 Å². The molecule has 1 saturated carbocycles. The third-order valence-corrected chi connectivity index (χ3v) is 3.43. The SMILES string of the molecule is CC1(NC(=O)C(C)(N)C(F)(F)F)CCCCC1. The number of carbonyl (C=O) groups excluding carboxylic acids is 1. The zero-order valence-electron chi connectivity index (χ0n) is 10.2. The summed E-state index contributed by atoms with van der Waals surface area (Å²) in [5.74, 6) is -1.14. The van der Waals surface area contributed by atoms with E-state index in [4.69, 9.17) is 5.73 Å². The summed E-state index contributed by atoms with van der Waals surface area (Å²) in [4.78, 5) is 11.6. The minimum absolute atomic E-state index is 0.554. The lowest BCUT2D eigenvalue weighted by Crippen LogP contribution is -2.65. The van der Waals surface area contributed by atoms with E-state index in [1.165, 1.54) is 0 Å². The largest absolute Gasteiger partial charge is 0.415 e. The first-order chi connectivity index (χ1) is 7.58. The number of rotatable bonds is 2. The Hall–Kier alpha value is -0.780. The summed E-state index contributed by atoms with van der Waals surface area (Å²) in [5.41, 5.74) is 1.70. The van der Waals surface area contributed by atoms with Crippen molar-refractivity contribution < 1.29 is 18.0 Å². The fourth-order valence-electron chi connectivity index (χ4n) is 1.99. The summed E-state index contributed by atoms with van der Waals surface area (Å²) >= 11 is 0. The van der Waals surface area contributed by atoms with Gasteiger partial charge in [-0.05, 0) is 26.7 Å². The molecule has 6 heteroatoms. The topological polar surface area (TPSA) is 55.1 Å². The van der Waals surface area contributed by atoms with Gasteiger partial charge in [-0.1, -0.05) is 19.3 Å². The molecule has 100 valence electrons. The number of nitrogens with two attached hydrogens (primary N) is 1. The minimum Gasteiger partial charge on any atom is -0.349 e. The van der Waals surface area contributed by atoms with E-state index in [0.717, 1.165) is 19.3 Å². The van der Waals surface area contributed by atoms with Gasteiger partial charge in [0.1, 0.15) is 0 Å². The van der Waals surface area contributed by atoms with E-state index in [2.05, 4.69) is 5.32 Å². The van der Waals surface area contributed by atoms with E-state index in [1.807, 2.05) is 0 Å². The van der Waals surface area contributed by atoms with Crippen molar-refractivity contribution in [3.8, 4) is 0 Å². The van der Waals surface area contributed by atoms with Crippen LogP contribution in [0.5, 0.6) is 0 Å². The molecular formula is C11H19F3N2O. The number of hydrogen-bond acceptors (Lipinski definition) is 2. The summed E-state index contributed by atoms with van der Waals surface area (Å²) in [6.45, 7) is 2.48. The van der Waals surface area contributed by atoms with Crippen LogP contribution in [0.3, 0.4) is 0 Å². The van der Waals surface area contributed by atoms with Crippen LogP contribution >= 0.6 is 0 Å². The second-order valence-electron chi connectivity index (χ2n) is 5.28. The minimum atomic E-state index is -4.73. The van der Waals surface area contributed by atoms with Crippen LogP contribution in [0.2, 0.25) is 0 Å². The van der Waals surface area contributed by atoms with Crippen molar-refractivity contribution in [1.82, 2.24) is 5.32 Å². The van der Waals surface area contributed by atoms with E-state index >= 15 is 0 Å². The molecule has 1 amide bonds. The first kappa shape index (κ1) is 14.3. The van der Waals surface area contributed by atoms with Gasteiger partial charge in [-0.15, -0.1) is 0 Å².